The largest absolute Gasteiger partial charge is 0.481 e. The SMILES string of the molecule is CCCCCCOC[C@@H]1[C@@H](CC=CCCCC(=O)O)[C@@H]2CC[C@H]1O2. The second-order valence-corrected chi connectivity index (χ2v) is 7.25. The van der Waals surface area contributed by atoms with Gasteiger partial charge in [-0.05, 0) is 44.4 Å². The van der Waals surface area contributed by atoms with Gasteiger partial charge in [-0.15, -0.1) is 0 Å². The lowest BCUT2D eigenvalue weighted by Crippen LogP contribution is -2.30. The van der Waals surface area contributed by atoms with Crippen LogP contribution in [0.25, 0.3) is 0 Å². The Hall–Kier alpha value is -0.870. The Balaban J connectivity index is 1.65. The summed E-state index contributed by atoms with van der Waals surface area (Å²) >= 11 is 0. The first-order valence-electron chi connectivity index (χ1n) is 9.82. The van der Waals surface area contributed by atoms with Crippen molar-refractivity contribution in [3.63, 3.8) is 0 Å². The summed E-state index contributed by atoms with van der Waals surface area (Å²) in [6.07, 6.45) is 15.4. The zero-order valence-corrected chi connectivity index (χ0v) is 15.1. The van der Waals surface area contributed by atoms with Crippen LogP contribution in [-0.4, -0.2) is 36.5 Å². The molecule has 138 valence electrons. The van der Waals surface area contributed by atoms with Gasteiger partial charge >= 0.3 is 5.97 Å². The highest BCUT2D eigenvalue weighted by Gasteiger charge is 2.48. The van der Waals surface area contributed by atoms with Gasteiger partial charge in [0.05, 0.1) is 18.8 Å². The molecule has 1 N–H and O–H groups in total. The predicted molar refractivity (Wildman–Crippen MR) is 95.1 cm³/mol. The number of aliphatic carboxylic acids is 1. The van der Waals surface area contributed by atoms with Crippen molar-refractivity contribution in [3.05, 3.63) is 12.2 Å². The number of ether oxygens (including phenoxy) is 2. The Kier molecular flexibility index (Phi) is 8.82. The summed E-state index contributed by atoms with van der Waals surface area (Å²) in [4.78, 5) is 10.5. The second-order valence-electron chi connectivity index (χ2n) is 7.25. The van der Waals surface area contributed by atoms with Crippen molar-refractivity contribution in [1.82, 2.24) is 0 Å². The van der Waals surface area contributed by atoms with Crippen molar-refractivity contribution in [1.29, 1.82) is 0 Å². The van der Waals surface area contributed by atoms with Crippen molar-refractivity contribution in [3.8, 4) is 0 Å². The number of hydrogen-bond donors (Lipinski definition) is 1. The van der Waals surface area contributed by atoms with E-state index in [1.165, 1.54) is 38.5 Å². The highest BCUT2D eigenvalue weighted by atomic mass is 16.5. The van der Waals surface area contributed by atoms with Gasteiger partial charge in [0, 0.05) is 18.9 Å². The van der Waals surface area contributed by atoms with E-state index in [-0.39, 0.29) is 6.42 Å². The average molecular weight is 338 g/mol. The van der Waals surface area contributed by atoms with E-state index in [0.29, 0.717) is 24.0 Å². The van der Waals surface area contributed by atoms with Gasteiger partial charge in [0.2, 0.25) is 0 Å². The van der Waals surface area contributed by atoms with E-state index in [4.69, 9.17) is 14.6 Å². The second kappa shape index (κ2) is 10.9. The first kappa shape index (κ1) is 19.5. The van der Waals surface area contributed by atoms with Crippen LogP contribution in [-0.2, 0) is 14.3 Å². The van der Waals surface area contributed by atoms with Gasteiger partial charge in [0.15, 0.2) is 0 Å². The van der Waals surface area contributed by atoms with E-state index >= 15 is 0 Å². The van der Waals surface area contributed by atoms with Crippen LogP contribution in [0.2, 0.25) is 0 Å². The third kappa shape index (κ3) is 6.21. The molecule has 2 aliphatic rings. The standard InChI is InChI=1S/C20H34O4/c1-2-3-4-9-14-23-15-17-16(18-12-13-19(17)24-18)10-7-5-6-8-11-20(21)22/h5,7,16-19H,2-4,6,8-15H2,1H3,(H,21,22)/t16-,17-,18+,19-/m1/s1. The quantitative estimate of drug-likeness (QED) is 0.394. The number of carbonyl (C=O) groups is 1. The first-order chi connectivity index (χ1) is 11.7. The molecule has 4 heteroatoms. The van der Waals surface area contributed by atoms with Crippen LogP contribution in [0.15, 0.2) is 12.2 Å². The molecule has 2 rings (SSSR count). The van der Waals surface area contributed by atoms with Crippen LogP contribution in [0.5, 0.6) is 0 Å². The summed E-state index contributed by atoms with van der Waals surface area (Å²) in [7, 11) is 0. The summed E-state index contributed by atoms with van der Waals surface area (Å²) in [6.45, 7) is 3.95. The molecule has 24 heavy (non-hydrogen) atoms. The van der Waals surface area contributed by atoms with E-state index in [2.05, 4.69) is 19.1 Å². The first-order valence-corrected chi connectivity index (χ1v) is 9.82. The minimum Gasteiger partial charge on any atom is -0.481 e. The molecule has 4 atom stereocenters. The molecule has 0 unspecified atom stereocenters. The normalized spacial score (nSPS) is 28.9. The van der Waals surface area contributed by atoms with Crippen molar-refractivity contribution in [2.24, 2.45) is 11.8 Å². The Morgan fingerprint density at radius 1 is 1.12 bits per heavy atom. The molecule has 2 fully saturated rings. The van der Waals surface area contributed by atoms with Gasteiger partial charge in [-0.25, -0.2) is 0 Å². The maximum atomic E-state index is 10.5. The average Bonchev–Trinajstić information content (AvgIpc) is 3.15. The van der Waals surface area contributed by atoms with Gasteiger partial charge in [-0.1, -0.05) is 38.3 Å². The summed E-state index contributed by atoms with van der Waals surface area (Å²) in [5.41, 5.74) is 0. The van der Waals surface area contributed by atoms with E-state index in [1.54, 1.807) is 0 Å². The molecule has 0 radical (unpaired) electrons. The van der Waals surface area contributed by atoms with Crippen molar-refractivity contribution >= 4 is 5.97 Å². The van der Waals surface area contributed by atoms with E-state index in [1.807, 2.05) is 0 Å². The van der Waals surface area contributed by atoms with Gasteiger partial charge in [0.25, 0.3) is 0 Å². The molecule has 0 amide bonds. The lowest BCUT2D eigenvalue weighted by atomic mass is 9.78. The molecular formula is C20H34O4. The number of unbranched alkanes of at least 4 members (excludes halogenated alkanes) is 4. The third-order valence-electron chi connectivity index (χ3n) is 5.38. The number of carboxylic acids is 1. The Morgan fingerprint density at radius 3 is 2.67 bits per heavy atom. The molecule has 4 nitrogen and oxygen atoms in total. The van der Waals surface area contributed by atoms with Crippen LogP contribution in [0, 0.1) is 11.8 Å². The fourth-order valence-corrected chi connectivity index (χ4v) is 4.02. The molecule has 2 aliphatic heterocycles. The topological polar surface area (TPSA) is 55.8 Å². The van der Waals surface area contributed by atoms with Crippen molar-refractivity contribution in [2.75, 3.05) is 13.2 Å². The van der Waals surface area contributed by atoms with Gasteiger partial charge < -0.3 is 14.6 Å². The minimum absolute atomic E-state index is 0.260. The fourth-order valence-electron chi connectivity index (χ4n) is 4.02. The Morgan fingerprint density at radius 2 is 1.92 bits per heavy atom. The third-order valence-corrected chi connectivity index (χ3v) is 5.38. The molecule has 2 bridgehead atoms. The number of hydrogen-bond acceptors (Lipinski definition) is 3. The van der Waals surface area contributed by atoms with Crippen LogP contribution in [0.4, 0.5) is 0 Å². The molecule has 2 heterocycles. The van der Waals surface area contributed by atoms with E-state index in [9.17, 15) is 4.79 Å². The fraction of sp³-hybridized carbons (Fsp3) is 0.850. The lowest BCUT2D eigenvalue weighted by Gasteiger charge is -2.27. The molecule has 0 aromatic rings. The summed E-state index contributed by atoms with van der Waals surface area (Å²) < 4.78 is 12.1. The van der Waals surface area contributed by atoms with E-state index < -0.39 is 5.97 Å². The molecule has 0 aromatic carbocycles. The van der Waals surface area contributed by atoms with Crippen LogP contribution < -0.4 is 0 Å². The summed E-state index contributed by atoms with van der Waals surface area (Å²) in [5.74, 6) is 0.412. The molecule has 2 saturated heterocycles. The van der Waals surface area contributed by atoms with Crippen LogP contribution in [0.3, 0.4) is 0 Å². The highest BCUT2D eigenvalue weighted by molar-refractivity contribution is 5.66. The number of rotatable bonds is 13. The molecule has 0 aliphatic carbocycles. The molecule has 0 aromatic heterocycles. The van der Waals surface area contributed by atoms with Crippen molar-refractivity contribution in [2.45, 2.75) is 83.3 Å². The van der Waals surface area contributed by atoms with Gasteiger partial charge in [0.1, 0.15) is 0 Å². The zero-order chi connectivity index (χ0) is 17.2. The number of carboxylic acid groups (broad SMARTS) is 1. The van der Waals surface area contributed by atoms with Gasteiger partial charge in [-0.2, -0.15) is 0 Å². The van der Waals surface area contributed by atoms with Crippen molar-refractivity contribution < 1.29 is 19.4 Å². The molecule has 0 spiro atoms. The van der Waals surface area contributed by atoms with Gasteiger partial charge in [-0.3, -0.25) is 4.79 Å². The maximum Gasteiger partial charge on any atom is 0.303 e. The maximum absolute atomic E-state index is 10.5. The highest BCUT2D eigenvalue weighted by Crippen LogP contribution is 2.45. The Labute approximate surface area is 146 Å². The molecule has 0 saturated carbocycles. The smallest absolute Gasteiger partial charge is 0.303 e. The summed E-state index contributed by atoms with van der Waals surface area (Å²) in [5, 5.41) is 8.64. The number of allylic oxidation sites excluding steroid dienone is 2. The van der Waals surface area contributed by atoms with Crippen LogP contribution >= 0.6 is 0 Å². The zero-order valence-electron chi connectivity index (χ0n) is 15.1. The predicted octanol–water partition coefficient (Wildman–Crippen LogP) is 4.58. The minimum atomic E-state index is -0.707. The molecular weight excluding hydrogens is 304 g/mol. The van der Waals surface area contributed by atoms with E-state index in [0.717, 1.165) is 32.5 Å². The van der Waals surface area contributed by atoms with Crippen LogP contribution in [0.1, 0.15) is 71.1 Å². The number of fused-ring (bicyclic) bond motifs is 2. The summed E-state index contributed by atoms with van der Waals surface area (Å²) in [6, 6.07) is 0. The Bertz CT molecular complexity index is 393. The lowest BCUT2D eigenvalue weighted by molar-refractivity contribution is -0.137. The monoisotopic (exact) mass is 338 g/mol.